The number of hydrogen-bond donors (Lipinski definition) is 1. The molecular formula is C11H6F3N3O4. The van der Waals surface area contributed by atoms with E-state index in [2.05, 4.69) is 4.98 Å². The maximum absolute atomic E-state index is 12.7. The molecule has 0 bridgehead atoms. The SMILES string of the molecule is O=C(O)c1cc(-n2cnc([N+](=O)[O-])c2)ccc1C(F)(F)F. The van der Waals surface area contributed by atoms with Crippen LogP contribution in [0.2, 0.25) is 0 Å². The van der Waals surface area contributed by atoms with Gasteiger partial charge in [-0.3, -0.25) is 4.57 Å². The van der Waals surface area contributed by atoms with Gasteiger partial charge in [0.2, 0.25) is 6.33 Å². The van der Waals surface area contributed by atoms with Crippen molar-refractivity contribution in [2.75, 3.05) is 0 Å². The fourth-order valence-electron chi connectivity index (χ4n) is 1.66. The van der Waals surface area contributed by atoms with Crippen molar-refractivity contribution < 1.29 is 28.0 Å². The molecule has 0 amide bonds. The average Bonchev–Trinajstić information content (AvgIpc) is 2.86. The standard InChI is InChI=1S/C11H6F3N3O4/c12-11(13,14)8-2-1-6(3-7(8)10(18)19)16-4-9(15-5-16)17(20)21/h1-5H,(H,18,19). The Balaban J connectivity index is 2.54. The first-order valence-corrected chi connectivity index (χ1v) is 5.33. The van der Waals surface area contributed by atoms with E-state index in [0.29, 0.717) is 6.07 Å². The molecule has 2 rings (SSSR count). The van der Waals surface area contributed by atoms with E-state index >= 15 is 0 Å². The molecule has 7 nitrogen and oxygen atoms in total. The zero-order chi connectivity index (χ0) is 15.8. The number of nitro groups is 1. The second kappa shape index (κ2) is 4.89. The van der Waals surface area contributed by atoms with Crippen molar-refractivity contribution >= 4 is 11.8 Å². The molecule has 0 radical (unpaired) electrons. The molecule has 1 aromatic heterocycles. The van der Waals surface area contributed by atoms with Crippen molar-refractivity contribution in [3.63, 3.8) is 0 Å². The number of aromatic carboxylic acids is 1. The van der Waals surface area contributed by atoms with E-state index in [4.69, 9.17) is 5.11 Å². The molecule has 0 saturated heterocycles. The average molecular weight is 301 g/mol. The Bertz CT molecular complexity index is 724. The zero-order valence-corrected chi connectivity index (χ0v) is 10.0. The highest BCUT2D eigenvalue weighted by Crippen LogP contribution is 2.33. The van der Waals surface area contributed by atoms with E-state index in [-0.39, 0.29) is 5.69 Å². The Morgan fingerprint density at radius 1 is 1.38 bits per heavy atom. The Kier molecular flexibility index (Phi) is 3.37. The lowest BCUT2D eigenvalue weighted by Gasteiger charge is -2.11. The van der Waals surface area contributed by atoms with Gasteiger partial charge in [-0.1, -0.05) is 0 Å². The lowest BCUT2D eigenvalue weighted by molar-refractivity contribution is -0.389. The highest BCUT2D eigenvalue weighted by Gasteiger charge is 2.35. The molecule has 0 spiro atoms. The van der Waals surface area contributed by atoms with Crippen molar-refractivity contribution in [2.24, 2.45) is 0 Å². The number of carboxylic acid groups (broad SMARTS) is 1. The molecule has 10 heteroatoms. The van der Waals surface area contributed by atoms with Crippen LogP contribution in [0.3, 0.4) is 0 Å². The molecule has 110 valence electrons. The number of benzene rings is 1. The number of halogens is 3. The maximum atomic E-state index is 12.7. The molecule has 0 saturated carbocycles. The summed E-state index contributed by atoms with van der Waals surface area (Å²) >= 11 is 0. The predicted octanol–water partition coefficient (Wildman–Crippen LogP) is 2.50. The van der Waals surface area contributed by atoms with Gasteiger partial charge in [0.1, 0.15) is 6.20 Å². The van der Waals surface area contributed by atoms with Gasteiger partial charge in [0.05, 0.1) is 11.1 Å². The van der Waals surface area contributed by atoms with Crippen LogP contribution in [0.25, 0.3) is 5.69 Å². The Labute approximate surface area is 114 Å². The summed E-state index contributed by atoms with van der Waals surface area (Å²) in [6, 6.07) is 2.38. The molecule has 21 heavy (non-hydrogen) atoms. The molecule has 2 aromatic rings. The van der Waals surface area contributed by atoms with E-state index in [1.54, 1.807) is 0 Å². The van der Waals surface area contributed by atoms with Crippen LogP contribution in [-0.4, -0.2) is 25.6 Å². The van der Waals surface area contributed by atoms with Crippen molar-refractivity contribution in [3.8, 4) is 5.69 Å². The van der Waals surface area contributed by atoms with E-state index in [1.807, 2.05) is 0 Å². The summed E-state index contributed by atoms with van der Waals surface area (Å²) in [5.74, 6) is -2.26. The van der Waals surface area contributed by atoms with E-state index in [1.165, 1.54) is 0 Å². The van der Waals surface area contributed by atoms with Crippen molar-refractivity contribution in [1.29, 1.82) is 0 Å². The van der Waals surface area contributed by atoms with Gasteiger partial charge < -0.3 is 15.2 Å². The maximum Gasteiger partial charge on any atom is 0.417 e. The smallest absolute Gasteiger partial charge is 0.417 e. The Morgan fingerprint density at radius 3 is 2.52 bits per heavy atom. The summed E-state index contributed by atoms with van der Waals surface area (Å²) < 4.78 is 39.1. The molecular weight excluding hydrogens is 295 g/mol. The second-order valence-corrected chi connectivity index (χ2v) is 3.93. The molecule has 0 aliphatic heterocycles. The number of nitrogens with zero attached hydrogens (tertiary/aromatic N) is 3. The van der Waals surface area contributed by atoms with Crippen molar-refractivity contribution in [1.82, 2.24) is 9.55 Å². The summed E-state index contributed by atoms with van der Waals surface area (Å²) in [6.07, 6.45) is -2.84. The van der Waals surface area contributed by atoms with Crippen LogP contribution in [-0.2, 0) is 6.18 Å². The number of carbonyl (C=O) groups is 1. The monoisotopic (exact) mass is 301 g/mol. The number of rotatable bonds is 3. The quantitative estimate of drug-likeness (QED) is 0.693. The summed E-state index contributed by atoms with van der Waals surface area (Å²) in [7, 11) is 0. The van der Waals surface area contributed by atoms with Gasteiger partial charge in [-0.15, -0.1) is 0 Å². The highest BCUT2D eigenvalue weighted by molar-refractivity contribution is 5.90. The van der Waals surface area contributed by atoms with Crippen LogP contribution < -0.4 is 0 Å². The Hall–Kier alpha value is -2.91. The van der Waals surface area contributed by atoms with Gasteiger partial charge in [0, 0.05) is 5.69 Å². The third-order valence-electron chi connectivity index (χ3n) is 2.59. The lowest BCUT2D eigenvalue weighted by atomic mass is 10.1. The van der Waals surface area contributed by atoms with Crippen LogP contribution in [0.5, 0.6) is 0 Å². The molecule has 1 heterocycles. The van der Waals surface area contributed by atoms with Crippen LogP contribution in [0.15, 0.2) is 30.7 Å². The lowest BCUT2D eigenvalue weighted by Crippen LogP contribution is -2.13. The zero-order valence-electron chi connectivity index (χ0n) is 10.0. The van der Waals surface area contributed by atoms with Gasteiger partial charge in [-0.25, -0.2) is 4.79 Å². The van der Waals surface area contributed by atoms with Gasteiger partial charge in [0.15, 0.2) is 0 Å². The minimum atomic E-state index is -4.81. The van der Waals surface area contributed by atoms with E-state index in [0.717, 1.165) is 29.2 Å². The van der Waals surface area contributed by atoms with Gasteiger partial charge in [-0.2, -0.15) is 13.2 Å². The summed E-state index contributed by atoms with van der Waals surface area (Å²) in [5, 5.41) is 19.4. The third-order valence-corrected chi connectivity index (χ3v) is 2.59. The largest absolute Gasteiger partial charge is 0.478 e. The number of imidazole rings is 1. The number of aromatic nitrogens is 2. The van der Waals surface area contributed by atoms with Crippen molar-refractivity contribution in [3.05, 3.63) is 52.0 Å². The second-order valence-electron chi connectivity index (χ2n) is 3.93. The molecule has 1 N–H and O–H groups in total. The van der Waals surface area contributed by atoms with Crippen LogP contribution >= 0.6 is 0 Å². The normalized spacial score (nSPS) is 11.4. The van der Waals surface area contributed by atoms with Crippen LogP contribution in [0, 0.1) is 10.1 Å². The molecule has 1 aromatic carbocycles. The summed E-state index contributed by atoms with van der Waals surface area (Å²) in [6.45, 7) is 0. The molecule has 0 fully saturated rings. The molecule has 0 aliphatic rings. The highest BCUT2D eigenvalue weighted by atomic mass is 19.4. The first kappa shape index (κ1) is 14.5. The van der Waals surface area contributed by atoms with Gasteiger partial charge in [-0.05, 0) is 28.1 Å². The fourth-order valence-corrected chi connectivity index (χ4v) is 1.66. The first-order valence-electron chi connectivity index (χ1n) is 5.33. The minimum Gasteiger partial charge on any atom is -0.478 e. The predicted molar refractivity (Wildman–Crippen MR) is 62.2 cm³/mol. The van der Waals surface area contributed by atoms with Crippen LogP contribution in [0.4, 0.5) is 19.0 Å². The minimum absolute atomic E-state index is 0.0148. The van der Waals surface area contributed by atoms with Crippen molar-refractivity contribution in [2.45, 2.75) is 6.18 Å². The number of carboxylic acids is 1. The Morgan fingerprint density at radius 2 is 2.05 bits per heavy atom. The first-order chi connectivity index (χ1) is 9.70. The molecule has 0 aliphatic carbocycles. The van der Waals surface area contributed by atoms with E-state index in [9.17, 15) is 28.1 Å². The topological polar surface area (TPSA) is 98.3 Å². The van der Waals surface area contributed by atoms with Gasteiger partial charge >= 0.3 is 18.0 Å². The summed E-state index contributed by atoms with van der Waals surface area (Å²) in [5.41, 5.74) is -2.23. The number of alkyl halides is 3. The third kappa shape index (κ3) is 2.83. The van der Waals surface area contributed by atoms with E-state index < -0.39 is 34.0 Å². The molecule has 0 unspecified atom stereocenters. The molecule has 0 atom stereocenters. The van der Waals surface area contributed by atoms with Gasteiger partial charge in [0.25, 0.3) is 0 Å². The number of hydrogen-bond acceptors (Lipinski definition) is 4. The van der Waals surface area contributed by atoms with Crippen LogP contribution in [0.1, 0.15) is 15.9 Å². The summed E-state index contributed by atoms with van der Waals surface area (Å²) in [4.78, 5) is 24.1. The fraction of sp³-hybridized carbons (Fsp3) is 0.0909.